The quantitative estimate of drug-likeness (QED) is 0.355. The first-order valence-corrected chi connectivity index (χ1v) is 8.00. The summed E-state index contributed by atoms with van der Waals surface area (Å²) in [6, 6.07) is 3.52. The highest BCUT2D eigenvalue weighted by atomic mass is 127. The number of aliphatic hydroxyl groups excluding tert-OH is 1. The number of rotatable bonds is 7. The summed E-state index contributed by atoms with van der Waals surface area (Å²) >= 11 is 1.78. The van der Waals surface area contributed by atoms with E-state index in [9.17, 15) is 5.11 Å². The van der Waals surface area contributed by atoms with E-state index < -0.39 is 6.10 Å². The Kier molecular flexibility index (Phi) is 10.1. The molecule has 1 aromatic heterocycles. The number of furan rings is 1. The largest absolute Gasteiger partial charge is 0.467 e. The summed E-state index contributed by atoms with van der Waals surface area (Å²) in [4.78, 5) is 4.54. The zero-order valence-electron chi connectivity index (χ0n) is 13.0. The van der Waals surface area contributed by atoms with Crippen LogP contribution in [0.15, 0.2) is 27.8 Å². The molecule has 5 nitrogen and oxygen atoms in total. The number of thioether (sulfide) groups is 1. The van der Waals surface area contributed by atoms with Crippen LogP contribution in [0.4, 0.5) is 0 Å². The molecule has 7 heteroatoms. The number of aliphatic imine (C=N–C) groups is 1. The maximum absolute atomic E-state index is 9.96. The lowest BCUT2D eigenvalue weighted by Gasteiger charge is -2.20. The van der Waals surface area contributed by atoms with Gasteiger partial charge in [-0.1, -0.05) is 0 Å². The van der Waals surface area contributed by atoms with Gasteiger partial charge in [0.05, 0.1) is 19.4 Å². The molecule has 122 valence electrons. The van der Waals surface area contributed by atoms with Gasteiger partial charge in [-0.15, -0.1) is 24.0 Å². The second-order valence-electron chi connectivity index (χ2n) is 5.07. The van der Waals surface area contributed by atoms with E-state index in [0.29, 0.717) is 24.8 Å². The fourth-order valence-corrected chi connectivity index (χ4v) is 1.64. The van der Waals surface area contributed by atoms with Gasteiger partial charge in [-0.3, -0.25) is 4.99 Å². The van der Waals surface area contributed by atoms with Crippen molar-refractivity contribution in [1.29, 1.82) is 0 Å². The number of aliphatic hydroxyl groups is 1. The Bertz CT molecular complexity index is 410. The lowest BCUT2D eigenvalue weighted by Crippen LogP contribution is -2.40. The van der Waals surface area contributed by atoms with Gasteiger partial charge in [0, 0.05) is 11.3 Å². The van der Waals surface area contributed by atoms with Crippen LogP contribution in [-0.4, -0.2) is 41.7 Å². The number of halogens is 1. The van der Waals surface area contributed by atoms with Crippen molar-refractivity contribution in [3.05, 3.63) is 24.2 Å². The Morgan fingerprint density at radius 2 is 2.19 bits per heavy atom. The second-order valence-corrected chi connectivity index (χ2v) is 6.58. The van der Waals surface area contributed by atoms with Crippen LogP contribution in [0.3, 0.4) is 0 Å². The SMILES string of the molecule is CCNC(=NCC(C)(C)SC)NCC(O)c1ccco1.I. The molecule has 0 aliphatic heterocycles. The lowest BCUT2D eigenvalue weighted by atomic mass is 10.2. The van der Waals surface area contributed by atoms with E-state index in [4.69, 9.17) is 4.42 Å². The number of hydrogen-bond donors (Lipinski definition) is 3. The van der Waals surface area contributed by atoms with Crippen LogP contribution < -0.4 is 10.6 Å². The van der Waals surface area contributed by atoms with Gasteiger partial charge in [0.25, 0.3) is 0 Å². The fraction of sp³-hybridized carbons (Fsp3) is 0.643. The zero-order valence-corrected chi connectivity index (χ0v) is 16.2. The van der Waals surface area contributed by atoms with Crippen LogP contribution in [0, 0.1) is 0 Å². The van der Waals surface area contributed by atoms with E-state index in [1.807, 2.05) is 6.92 Å². The molecule has 0 aromatic carbocycles. The topological polar surface area (TPSA) is 69.8 Å². The Hall–Kier alpha value is -0.410. The van der Waals surface area contributed by atoms with E-state index in [-0.39, 0.29) is 28.7 Å². The molecule has 0 amide bonds. The highest BCUT2D eigenvalue weighted by Crippen LogP contribution is 2.21. The third kappa shape index (κ3) is 7.96. The van der Waals surface area contributed by atoms with Crippen molar-refractivity contribution >= 4 is 41.7 Å². The number of hydrogen-bond acceptors (Lipinski definition) is 4. The highest BCUT2D eigenvalue weighted by molar-refractivity contribution is 14.0. The Morgan fingerprint density at radius 1 is 1.48 bits per heavy atom. The van der Waals surface area contributed by atoms with Gasteiger partial charge in [-0.25, -0.2) is 0 Å². The van der Waals surface area contributed by atoms with Crippen LogP contribution >= 0.6 is 35.7 Å². The Morgan fingerprint density at radius 3 is 2.71 bits per heavy atom. The van der Waals surface area contributed by atoms with Crippen LogP contribution in [-0.2, 0) is 0 Å². The maximum Gasteiger partial charge on any atom is 0.191 e. The van der Waals surface area contributed by atoms with Crippen molar-refractivity contribution in [3.63, 3.8) is 0 Å². The average Bonchev–Trinajstić information content (AvgIpc) is 2.96. The second kappa shape index (κ2) is 10.3. The van der Waals surface area contributed by atoms with Crippen molar-refractivity contribution in [2.24, 2.45) is 4.99 Å². The summed E-state index contributed by atoms with van der Waals surface area (Å²) in [5, 5.41) is 16.3. The molecule has 1 rings (SSSR count). The third-order valence-electron chi connectivity index (χ3n) is 2.85. The van der Waals surface area contributed by atoms with Gasteiger partial charge >= 0.3 is 0 Å². The van der Waals surface area contributed by atoms with Crippen LogP contribution in [0.2, 0.25) is 0 Å². The molecular weight excluding hydrogens is 401 g/mol. The molecular formula is C14H26IN3O2S. The molecule has 1 heterocycles. The Balaban J connectivity index is 0.00000400. The summed E-state index contributed by atoms with van der Waals surface area (Å²) in [7, 11) is 0. The molecule has 0 aliphatic carbocycles. The summed E-state index contributed by atoms with van der Waals surface area (Å²) in [6.07, 6.45) is 2.96. The van der Waals surface area contributed by atoms with Crippen molar-refractivity contribution < 1.29 is 9.52 Å². The van der Waals surface area contributed by atoms with E-state index >= 15 is 0 Å². The first kappa shape index (κ1) is 20.6. The maximum atomic E-state index is 9.96. The van der Waals surface area contributed by atoms with E-state index in [0.717, 1.165) is 6.54 Å². The average molecular weight is 427 g/mol. The number of nitrogens with one attached hydrogen (secondary N) is 2. The van der Waals surface area contributed by atoms with E-state index in [2.05, 4.69) is 35.7 Å². The summed E-state index contributed by atoms with van der Waals surface area (Å²) in [6.45, 7) is 8.17. The molecule has 0 fully saturated rings. The van der Waals surface area contributed by atoms with Crippen LogP contribution in [0.25, 0.3) is 0 Å². The molecule has 0 bridgehead atoms. The highest BCUT2D eigenvalue weighted by Gasteiger charge is 2.16. The standard InChI is InChI=1S/C14H25N3O2S.HI/c1-5-15-13(17-10-14(2,3)20-4)16-9-11(18)12-7-6-8-19-12;/h6-8,11,18H,5,9-10H2,1-4H3,(H2,15,16,17);1H. The fourth-order valence-electron chi connectivity index (χ4n) is 1.45. The van der Waals surface area contributed by atoms with Gasteiger partial charge < -0.3 is 20.2 Å². The zero-order chi connectivity index (χ0) is 15.0. The molecule has 1 atom stereocenters. The molecule has 3 N–H and O–H groups in total. The molecule has 21 heavy (non-hydrogen) atoms. The first-order valence-electron chi connectivity index (χ1n) is 6.77. The van der Waals surface area contributed by atoms with Gasteiger partial charge in [0.2, 0.25) is 0 Å². The van der Waals surface area contributed by atoms with Gasteiger partial charge in [0.15, 0.2) is 5.96 Å². The predicted molar refractivity (Wildman–Crippen MR) is 101 cm³/mol. The monoisotopic (exact) mass is 427 g/mol. The van der Waals surface area contributed by atoms with Crippen LogP contribution in [0.1, 0.15) is 32.6 Å². The van der Waals surface area contributed by atoms with Crippen molar-refractivity contribution in [2.45, 2.75) is 31.6 Å². The van der Waals surface area contributed by atoms with Crippen LogP contribution in [0.5, 0.6) is 0 Å². The van der Waals surface area contributed by atoms with Gasteiger partial charge in [-0.2, -0.15) is 11.8 Å². The molecule has 1 unspecified atom stereocenters. The minimum Gasteiger partial charge on any atom is -0.467 e. The third-order valence-corrected chi connectivity index (χ3v) is 4.08. The Labute approximate surface area is 148 Å². The predicted octanol–water partition coefficient (Wildman–Crippen LogP) is 2.63. The smallest absolute Gasteiger partial charge is 0.191 e. The number of guanidine groups is 1. The summed E-state index contributed by atoms with van der Waals surface area (Å²) in [5.74, 6) is 1.26. The van der Waals surface area contributed by atoms with Crippen molar-refractivity contribution in [2.75, 3.05) is 25.9 Å². The molecule has 0 saturated heterocycles. The molecule has 0 aliphatic rings. The van der Waals surface area contributed by atoms with Crippen molar-refractivity contribution in [1.82, 2.24) is 10.6 Å². The summed E-state index contributed by atoms with van der Waals surface area (Å²) < 4.78 is 5.26. The summed E-state index contributed by atoms with van der Waals surface area (Å²) in [5.41, 5.74) is 0. The van der Waals surface area contributed by atoms with Crippen molar-refractivity contribution in [3.8, 4) is 0 Å². The normalized spacial score (nSPS) is 13.5. The molecule has 0 radical (unpaired) electrons. The van der Waals surface area contributed by atoms with Gasteiger partial charge in [0.1, 0.15) is 11.9 Å². The molecule has 1 aromatic rings. The number of nitrogens with zero attached hydrogens (tertiary/aromatic N) is 1. The first-order chi connectivity index (χ1) is 9.48. The molecule has 0 saturated carbocycles. The lowest BCUT2D eigenvalue weighted by molar-refractivity contribution is 0.153. The molecule has 0 spiro atoms. The van der Waals surface area contributed by atoms with E-state index in [1.54, 1.807) is 30.2 Å². The van der Waals surface area contributed by atoms with Gasteiger partial charge in [-0.05, 0) is 39.2 Å². The minimum absolute atomic E-state index is 0. The van der Waals surface area contributed by atoms with E-state index in [1.165, 1.54) is 0 Å². The minimum atomic E-state index is -0.678.